The van der Waals surface area contributed by atoms with E-state index < -0.39 is 0 Å². The fraction of sp³-hybridized carbons (Fsp3) is 0.500. The van der Waals surface area contributed by atoms with Crippen molar-refractivity contribution in [3.63, 3.8) is 0 Å². The zero-order chi connectivity index (χ0) is 12.3. The number of anilines is 1. The number of aromatic nitrogens is 1. The first kappa shape index (κ1) is 12.5. The van der Waals surface area contributed by atoms with E-state index in [1.54, 1.807) is 12.3 Å². The average molecular weight is 298 g/mol. The van der Waals surface area contributed by atoms with Gasteiger partial charge in [-0.3, -0.25) is 4.79 Å². The molecular formula is C12H16BrN3O. The van der Waals surface area contributed by atoms with Gasteiger partial charge in [0.2, 0.25) is 5.91 Å². The number of halogens is 1. The molecule has 1 fully saturated rings. The van der Waals surface area contributed by atoms with Crippen molar-refractivity contribution >= 4 is 27.7 Å². The lowest BCUT2D eigenvalue weighted by molar-refractivity contribution is -0.121. The minimum atomic E-state index is 0.0907. The van der Waals surface area contributed by atoms with Crippen molar-refractivity contribution in [3.05, 3.63) is 22.8 Å². The van der Waals surface area contributed by atoms with Crippen LogP contribution in [0.4, 0.5) is 5.82 Å². The number of nitrogens with one attached hydrogen (secondary N) is 1. The summed E-state index contributed by atoms with van der Waals surface area (Å²) < 4.78 is 0.912. The number of nitrogens with zero attached hydrogens (tertiary/aromatic N) is 2. The molecule has 17 heavy (non-hydrogen) atoms. The molecule has 0 spiro atoms. The van der Waals surface area contributed by atoms with Crippen LogP contribution in [0.2, 0.25) is 0 Å². The molecule has 1 N–H and O–H groups in total. The highest BCUT2D eigenvalue weighted by molar-refractivity contribution is 9.10. The predicted molar refractivity (Wildman–Crippen MR) is 70.8 cm³/mol. The summed E-state index contributed by atoms with van der Waals surface area (Å²) in [6, 6.07) is 3.67. The number of hydrogen-bond acceptors (Lipinski definition) is 3. The normalized spacial score (nSPS) is 18.0. The first-order valence-corrected chi connectivity index (χ1v) is 6.55. The Kier molecular flexibility index (Phi) is 4.12. The van der Waals surface area contributed by atoms with Crippen molar-refractivity contribution in [2.24, 2.45) is 5.92 Å². The van der Waals surface area contributed by atoms with Gasteiger partial charge < -0.3 is 10.2 Å². The molecule has 2 rings (SSSR count). The molecule has 1 saturated heterocycles. The van der Waals surface area contributed by atoms with Gasteiger partial charge in [0.1, 0.15) is 5.82 Å². The van der Waals surface area contributed by atoms with Crippen molar-refractivity contribution in [1.82, 2.24) is 9.88 Å². The summed E-state index contributed by atoms with van der Waals surface area (Å²) in [6.45, 7) is 1.98. The van der Waals surface area contributed by atoms with E-state index in [9.17, 15) is 4.79 Å². The average Bonchev–Trinajstić information content (AvgIpc) is 2.33. The van der Waals surface area contributed by atoms with Gasteiger partial charge in [-0.1, -0.05) is 0 Å². The third-order valence-electron chi connectivity index (χ3n) is 3.07. The Hall–Kier alpha value is -0.940. The zero-order valence-electron chi connectivity index (χ0n) is 9.82. The molecule has 1 aromatic rings. The molecule has 4 nitrogen and oxygen atoms in total. The second kappa shape index (κ2) is 5.60. The van der Waals surface area contributed by atoms with Gasteiger partial charge in [-0.25, -0.2) is 4.98 Å². The van der Waals surface area contributed by atoms with Crippen LogP contribution in [0.25, 0.3) is 0 Å². The molecule has 0 atom stereocenters. The molecule has 1 amide bonds. The topological polar surface area (TPSA) is 45.2 Å². The molecule has 92 valence electrons. The molecule has 1 aliphatic rings. The maximum absolute atomic E-state index is 12.0. The number of likely N-dealkylation sites (tertiary alicyclic amines) is 1. The lowest BCUT2D eigenvalue weighted by Crippen LogP contribution is -2.36. The van der Waals surface area contributed by atoms with Gasteiger partial charge in [0.15, 0.2) is 0 Å². The van der Waals surface area contributed by atoms with E-state index in [-0.39, 0.29) is 11.8 Å². The van der Waals surface area contributed by atoms with Crippen LogP contribution in [0.1, 0.15) is 12.8 Å². The van der Waals surface area contributed by atoms with E-state index in [1.807, 2.05) is 6.07 Å². The molecule has 0 unspecified atom stereocenters. The Bertz CT molecular complexity index is 385. The molecule has 1 aliphatic heterocycles. The van der Waals surface area contributed by atoms with Crippen molar-refractivity contribution < 1.29 is 4.79 Å². The van der Waals surface area contributed by atoms with Crippen LogP contribution >= 0.6 is 15.9 Å². The third kappa shape index (κ3) is 3.51. The number of carbonyl (C=O) groups excluding carboxylic acids is 1. The predicted octanol–water partition coefficient (Wildman–Crippen LogP) is 2.12. The fourth-order valence-electron chi connectivity index (χ4n) is 1.95. The number of piperidine rings is 1. The van der Waals surface area contributed by atoms with E-state index in [2.05, 4.69) is 38.2 Å². The molecule has 5 heteroatoms. The zero-order valence-corrected chi connectivity index (χ0v) is 11.4. The number of rotatable bonds is 2. The van der Waals surface area contributed by atoms with Crippen LogP contribution in [0.3, 0.4) is 0 Å². The van der Waals surface area contributed by atoms with Crippen molar-refractivity contribution in [3.8, 4) is 0 Å². The Labute approximate surface area is 110 Å². The minimum Gasteiger partial charge on any atom is -0.310 e. The highest BCUT2D eigenvalue weighted by Gasteiger charge is 2.23. The summed E-state index contributed by atoms with van der Waals surface area (Å²) in [5.41, 5.74) is 0. The number of hydrogen-bond donors (Lipinski definition) is 1. The molecular weight excluding hydrogens is 282 g/mol. The highest BCUT2D eigenvalue weighted by Crippen LogP contribution is 2.18. The minimum absolute atomic E-state index is 0.0907. The molecule has 0 bridgehead atoms. The summed E-state index contributed by atoms with van der Waals surface area (Å²) in [5, 5.41) is 2.86. The van der Waals surface area contributed by atoms with Crippen LogP contribution in [-0.2, 0) is 4.79 Å². The number of pyridine rings is 1. The summed E-state index contributed by atoms with van der Waals surface area (Å²) in [5.74, 6) is 0.835. The smallest absolute Gasteiger partial charge is 0.228 e. The second-order valence-electron chi connectivity index (χ2n) is 4.43. The van der Waals surface area contributed by atoms with Gasteiger partial charge in [-0.15, -0.1) is 0 Å². The standard InChI is InChI=1S/C12H16BrN3O/c1-16-6-4-9(5-7-16)12(17)15-11-3-2-10(13)8-14-11/h2-3,8-9H,4-7H2,1H3,(H,14,15,17). The van der Waals surface area contributed by atoms with Crippen molar-refractivity contribution in [1.29, 1.82) is 0 Å². The van der Waals surface area contributed by atoms with E-state index in [1.165, 1.54) is 0 Å². The van der Waals surface area contributed by atoms with Crippen LogP contribution in [0, 0.1) is 5.92 Å². The Morgan fingerprint density at radius 3 is 2.76 bits per heavy atom. The molecule has 2 heterocycles. The monoisotopic (exact) mass is 297 g/mol. The molecule has 0 aliphatic carbocycles. The summed E-state index contributed by atoms with van der Waals surface area (Å²) in [4.78, 5) is 18.4. The first-order chi connectivity index (χ1) is 8.15. The van der Waals surface area contributed by atoms with Gasteiger partial charge in [0, 0.05) is 16.6 Å². The molecule has 0 aromatic carbocycles. The van der Waals surface area contributed by atoms with E-state index in [0.717, 1.165) is 30.4 Å². The van der Waals surface area contributed by atoms with Gasteiger partial charge >= 0.3 is 0 Å². The van der Waals surface area contributed by atoms with Crippen molar-refractivity contribution in [2.75, 3.05) is 25.5 Å². The van der Waals surface area contributed by atoms with Crippen LogP contribution < -0.4 is 5.32 Å². The van der Waals surface area contributed by atoms with Crippen LogP contribution in [-0.4, -0.2) is 35.9 Å². The SMILES string of the molecule is CN1CCC(C(=O)Nc2ccc(Br)cn2)CC1. The summed E-state index contributed by atoms with van der Waals surface area (Å²) in [7, 11) is 2.09. The first-order valence-electron chi connectivity index (χ1n) is 5.76. The lowest BCUT2D eigenvalue weighted by atomic mass is 9.96. The van der Waals surface area contributed by atoms with Crippen LogP contribution in [0.5, 0.6) is 0 Å². The lowest BCUT2D eigenvalue weighted by Gasteiger charge is -2.27. The third-order valence-corrected chi connectivity index (χ3v) is 3.54. The molecule has 0 radical (unpaired) electrons. The highest BCUT2D eigenvalue weighted by atomic mass is 79.9. The van der Waals surface area contributed by atoms with Gasteiger partial charge in [-0.2, -0.15) is 0 Å². The van der Waals surface area contributed by atoms with E-state index >= 15 is 0 Å². The van der Waals surface area contributed by atoms with E-state index in [0.29, 0.717) is 5.82 Å². The second-order valence-corrected chi connectivity index (χ2v) is 5.34. The largest absolute Gasteiger partial charge is 0.310 e. The number of carbonyl (C=O) groups is 1. The Morgan fingerprint density at radius 2 is 2.18 bits per heavy atom. The maximum Gasteiger partial charge on any atom is 0.228 e. The molecule has 1 aromatic heterocycles. The van der Waals surface area contributed by atoms with Gasteiger partial charge in [0.25, 0.3) is 0 Å². The molecule has 0 saturated carbocycles. The Morgan fingerprint density at radius 1 is 1.47 bits per heavy atom. The van der Waals surface area contributed by atoms with Crippen LogP contribution in [0.15, 0.2) is 22.8 Å². The quantitative estimate of drug-likeness (QED) is 0.909. The summed E-state index contributed by atoms with van der Waals surface area (Å²) >= 11 is 3.31. The Balaban J connectivity index is 1.90. The van der Waals surface area contributed by atoms with Crippen molar-refractivity contribution in [2.45, 2.75) is 12.8 Å². The van der Waals surface area contributed by atoms with Gasteiger partial charge in [0.05, 0.1) is 0 Å². The fourth-order valence-corrected chi connectivity index (χ4v) is 2.18. The summed E-state index contributed by atoms with van der Waals surface area (Å²) in [6.07, 6.45) is 3.54. The maximum atomic E-state index is 12.0. The number of amides is 1. The van der Waals surface area contributed by atoms with E-state index in [4.69, 9.17) is 0 Å². The van der Waals surface area contributed by atoms with Gasteiger partial charge in [-0.05, 0) is 61.0 Å².